The summed E-state index contributed by atoms with van der Waals surface area (Å²) in [4.78, 5) is 15.7. The van der Waals surface area contributed by atoms with E-state index in [0.717, 1.165) is 31.5 Å². The summed E-state index contributed by atoms with van der Waals surface area (Å²) in [6, 6.07) is 12.5. The minimum Gasteiger partial charge on any atom is -0.317 e. The van der Waals surface area contributed by atoms with E-state index in [1.54, 1.807) is 11.3 Å². The summed E-state index contributed by atoms with van der Waals surface area (Å²) in [6.07, 6.45) is 3.15. The maximum Gasteiger partial charge on any atom is 0.322 e. The Kier molecular flexibility index (Phi) is 4.25. The number of nitrogens with zero attached hydrogens (tertiary/aromatic N) is 1. The first-order chi connectivity index (χ1) is 10.3. The molecule has 4 heteroatoms. The van der Waals surface area contributed by atoms with Gasteiger partial charge in [0.15, 0.2) is 0 Å². The molecule has 2 aromatic rings. The number of amides is 2. The highest BCUT2D eigenvalue weighted by atomic mass is 32.1. The van der Waals surface area contributed by atoms with Gasteiger partial charge in [-0.2, -0.15) is 0 Å². The van der Waals surface area contributed by atoms with Gasteiger partial charge in [-0.3, -0.25) is 0 Å². The van der Waals surface area contributed by atoms with Crippen molar-refractivity contribution < 1.29 is 4.79 Å². The largest absolute Gasteiger partial charge is 0.322 e. The van der Waals surface area contributed by atoms with E-state index in [0.29, 0.717) is 0 Å². The number of thiophene rings is 1. The Balaban J connectivity index is 1.69. The van der Waals surface area contributed by atoms with Gasteiger partial charge in [0, 0.05) is 17.1 Å². The van der Waals surface area contributed by atoms with Gasteiger partial charge in [0.25, 0.3) is 0 Å². The molecule has 1 atom stereocenters. The lowest BCUT2D eigenvalue weighted by Gasteiger charge is -2.24. The van der Waals surface area contributed by atoms with Crippen LogP contribution in [0.4, 0.5) is 10.5 Å². The molecule has 2 amide bonds. The second kappa shape index (κ2) is 6.31. The van der Waals surface area contributed by atoms with Crippen LogP contribution in [0.15, 0.2) is 41.8 Å². The molecule has 3 nitrogen and oxygen atoms in total. The van der Waals surface area contributed by atoms with Crippen molar-refractivity contribution in [2.75, 3.05) is 11.9 Å². The van der Waals surface area contributed by atoms with Crippen LogP contribution < -0.4 is 5.32 Å². The number of anilines is 1. The summed E-state index contributed by atoms with van der Waals surface area (Å²) in [5.74, 6) is 0. The van der Waals surface area contributed by atoms with Crippen molar-refractivity contribution in [3.63, 3.8) is 0 Å². The maximum atomic E-state index is 12.5. The molecule has 1 fully saturated rings. The molecule has 1 N–H and O–H groups in total. The number of benzene rings is 1. The number of urea groups is 1. The van der Waals surface area contributed by atoms with E-state index < -0.39 is 0 Å². The molecule has 3 rings (SSSR count). The third kappa shape index (κ3) is 3.10. The van der Waals surface area contributed by atoms with Gasteiger partial charge in [-0.15, -0.1) is 11.3 Å². The molecule has 1 aliphatic heterocycles. The van der Waals surface area contributed by atoms with Crippen molar-refractivity contribution in [1.29, 1.82) is 0 Å². The van der Waals surface area contributed by atoms with Crippen molar-refractivity contribution in [3.05, 3.63) is 52.2 Å². The van der Waals surface area contributed by atoms with Gasteiger partial charge < -0.3 is 10.2 Å². The van der Waals surface area contributed by atoms with Gasteiger partial charge in [-0.05, 0) is 48.4 Å². The zero-order valence-corrected chi connectivity index (χ0v) is 13.0. The number of carbonyl (C=O) groups excluding carboxylic acids is 1. The number of rotatable bonds is 3. The number of hydrogen-bond acceptors (Lipinski definition) is 2. The third-order valence-electron chi connectivity index (χ3n) is 4.00. The van der Waals surface area contributed by atoms with Crippen molar-refractivity contribution >= 4 is 23.1 Å². The number of aryl methyl sites for hydroxylation is 1. The second-order valence-corrected chi connectivity index (χ2v) is 6.33. The van der Waals surface area contributed by atoms with Gasteiger partial charge in [0.05, 0.1) is 6.04 Å². The van der Waals surface area contributed by atoms with Crippen LogP contribution in [0.1, 0.15) is 36.2 Å². The first-order valence-electron chi connectivity index (χ1n) is 7.48. The lowest BCUT2D eigenvalue weighted by atomic mass is 10.1. The molecule has 1 unspecified atom stereocenters. The normalized spacial score (nSPS) is 18.0. The Morgan fingerprint density at radius 2 is 2.14 bits per heavy atom. The third-order valence-corrected chi connectivity index (χ3v) is 4.97. The highest BCUT2D eigenvalue weighted by Crippen LogP contribution is 2.34. The Bertz CT molecular complexity index is 592. The van der Waals surface area contributed by atoms with Crippen LogP contribution in [0.25, 0.3) is 0 Å². The molecule has 21 heavy (non-hydrogen) atoms. The maximum absolute atomic E-state index is 12.5. The van der Waals surface area contributed by atoms with E-state index in [1.165, 1.54) is 10.4 Å². The molecule has 0 spiro atoms. The quantitative estimate of drug-likeness (QED) is 0.877. The fourth-order valence-corrected chi connectivity index (χ4v) is 3.68. The zero-order chi connectivity index (χ0) is 14.7. The molecule has 1 aromatic carbocycles. The van der Waals surface area contributed by atoms with E-state index >= 15 is 0 Å². The lowest BCUT2D eigenvalue weighted by Crippen LogP contribution is -2.34. The summed E-state index contributed by atoms with van der Waals surface area (Å²) in [5, 5.41) is 5.10. The Hall–Kier alpha value is -1.81. The highest BCUT2D eigenvalue weighted by Gasteiger charge is 2.30. The Labute approximate surface area is 129 Å². The Morgan fingerprint density at radius 1 is 1.33 bits per heavy atom. The molecule has 110 valence electrons. The summed E-state index contributed by atoms with van der Waals surface area (Å²) in [6.45, 7) is 2.96. The SMILES string of the molecule is CCc1ccc(NC(=O)N2CCCC2c2cccs2)cc1. The van der Waals surface area contributed by atoms with Crippen LogP contribution in [-0.4, -0.2) is 17.5 Å². The molecule has 0 saturated carbocycles. The molecule has 0 radical (unpaired) electrons. The first-order valence-corrected chi connectivity index (χ1v) is 8.36. The number of nitrogens with one attached hydrogen (secondary N) is 1. The van der Waals surface area contributed by atoms with E-state index in [-0.39, 0.29) is 12.1 Å². The van der Waals surface area contributed by atoms with E-state index in [9.17, 15) is 4.79 Å². The average molecular weight is 300 g/mol. The summed E-state index contributed by atoms with van der Waals surface area (Å²) < 4.78 is 0. The van der Waals surface area contributed by atoms with Crippen LogP contribution in [-0.2, 0) is 6.42 Å². The molecular formula is C17H20N2OS. The number of carbonyl (C=O) groups is 1. The van der Waals surface area contributed by atoms with Crippen LogP contribution in [0.5, 0.6) is 0 Å². The van der Waals surface area contributed by atoms with Gasteiger partial charge in [-0.1, -0.05) is 25.1 Å². The van der Waals surface area contributed by atoms with Crippen LogP contribution >= 0.6 is 11.3 Å². The molecule has 1 aliphatic rings. The van der Waals surface area contributed by atoms with Gasteiger partial charge in [0.2, 0.25) is 0 Å². The van der Waals surface area contributed by atoms with Gasteiger partial charge in [0.1, 0.15) is 0 Å². The van der Waals surface area contributed by atoms with Crippen LogP contribution in [0, 0.1) is 0 Å². The molecule has 2 heterocycles. The second-order valence-electron chi connectivity index (χ2n) is 5.35. The molecule has 0 aliphatic carbocycles. The van der Waals surface area contributed by atoms with Gasteiger partial charge >= 0.3 is 6.03 Å². The Morgan fingerprint density at radius 3 is 2.81 bits per heavy atom. The lowest BCUT2D eigenvalue weighted by molar-refractivity contribution is 0.208. The van der Waals surface area contributed by atoms with Crippen molar-refractivity contribution in [2.45, 2.75) is 32.2 Å². The minimum absolute atomic E-state index is 0.00940. The van der Waals surface area contributed by atoms with Crippen molar-refractivity contribution in [2.24, 2.45) is 0 Å². The molecular weight excluding hydrogens is 280 g/mol. The van der Waals surface area contributed by atoms with E-state index in [2.05, 4.69) is 41.9 Å². The van der Waals surface area contributed by atoms with Crippen molar-refractivity contribution in [1.82, 2.24) is 4.90 Å². The monoisotopic (exact) mass is 300 g/mol. The first kappa shape index (κ1) is 14.1. The fourth-order valence-electron chi connectivity index (χ4n) is 2.81. The molecule has 1 aromatic heterocycles. The number of likely N-dealkylation sites (tertiary alicyclic amines) is 1. The fraction of sp³-hybridized carbons (Fsp3) is 0.353. The van der Waals surface area contributed by atoms with Crippen molar-refractivity contribution in [3.8, 4) is 0 Å². The summed E-state index contributed by atoms with van der Waals surface area (Å²) in [7, 11) is 0. The van der Waals surface area contributed by atoms with E-state index in [1.807, 2.05) is 17.0 Å². The van der Waals surface area contributed by atoms with E-state index in [4.69, 9.17) is 0 Å². The van der Waals surface area contributed by atoms with Crippen LogP contribution in [0.2, 0.25) is 0 Å². The smallest absolute Gasteiger partial charge is 0.317 e. The zero-order valence-electron chi connectivity index (χ0n) is 12.2. The molecule has 1 saturated heterocycles. The van der Waals surface area contributed by atoms with Crippen LogP contribution in [0.3, 0.4) is 0 Å². The minimum atomic E-state index is 0.00940. The average Bonchev–Trinajstić information content (AvgIpc) is 3.18. The van der Waals surface area contributed by atoms with Gasteiger partial charge in [-0.25, -0.2) is 4.79 Å². The highest BCUT2D eigenvalue weighted by molar-refractivity contribution is 7.10. The topological polar surface area (TPSA) is 32.3 Å². The predicted molar refractivity (Wildman–Crippen MR) is 87.8 cm³/mol. The summed E-state index contributed by atoms with van der Waals surface area (Å²) in [5.41, 5.74) is 2.15. The number of hydrogen-bond donors (Lipinski definition) is 1. The summed E-state index contributed by atoms with van der Waals surface area (Å²) >= 11 is 1.73. The molecule has 0 bridgehead atoms. The standard InChI is InChI=1S/C17H20N2OS/c1-2-13-7-9-14(10-8-13)18-17(20)19-11-3-5-15(19)16-6-4-12-21-16/h4,6-10,12,15H,2-3,5,11H2,1H3,(H,18,20). The predicted octanol–water partition coefficient (Wildman–Crippen LogP) is 4.68.